The fourth-order valence-electron chi connectivity index (χ4n) is 2.59. The van der Waals surface area contributed by atoms with Gasteiger partial charge >= 0.3 is 0 Å². The molecule has 0 aromatic rings. The van der Waals surface area contributed by atoms with Gasteiger partial charge in [-0.25, -0.2) is 0 Å². The second-order valence-corrected chi connectivity index (χ2v) is 5.16. The molecule has 0 aromatic heterocycles. The highest BCUT2D eigenvalue weighted by Gasteiger charge is 2.14. The average molecular weight is 252 g/mol. The molecule has 1 amide bonds. The number of rotatable bonds is 4. The predicted molar refractivity (Wildman–Crippen MR) is 71.4 cm³/mol. The van der Waals surface area contributed by atoms with Gasteiger partial charge in [0.1, 0.15) is 0 Å². The monoisotopic (exact) mass is 252 g/mol. The molecular weight excluding hydrogens is 228 g/mol. The zero-order valence-corrected chi connectivity index (χ0v) is 11.1. The Morgan fingerprint density at radius 3 is 2.67 bits per heavy atom. The molecule has 18 heavy (non-hydrogen) atoms. The van der Waals surface area contributed by atoms with Gasteiger partial charge in [-0.2, -0.15) is 0 Å². The van der Waals surface area contributed by atoms with E-state index in [1.54, 1.807) is 6.08 Å². The van der Waals surface area contributed by atoms with Crippen LogP contribution < -0.4 is 5.32 Å². The van der Waals surface area contributed by atoms with Gasteiger partial charge in [-0.05, 0) is 12.8 Å². The highest BCUT2D eigenvalue weighted by Crippen LogP contribution is 2.17. The standard InChI is InChI=1S/C14H24N2O2/c17-14(15-13-5-2-1-3-6-13)7-4-8-16-9-11-18-12-10-16/h4,7,13H,1-3,5-6,8-12H2,(H,15,17)/b7-4+. The number of morpholine rings is 1. The van der Waals surface area contributed by atoms with Crippen molar-refractivity contribution in [2.24, 2.45) is 0 Å². The van der Waals surface area contributed by atoms with Crippen LogP contribution in [-0.2, 0) is 9.53 Å². The van der Waals surface area contributed by atoms with Crippen LogP contribution in [0.25, 0.3) is 0 Å². The summed E-state index contributed by atoms with van der Waals surface area (Å²) in [5, 5.41) is 3.09. The summed E-state index contributed by atoms with van der Waals surface area (Å²) in [5.74, 6) is 0.0650. The van der Waals surface area contributed by atoms with E-state index in [1.807, 2.05) is 6.08 Å². The zero-order valence-electron chi connectivity index (χ0n) is 11.1. The van der Waals surface area contributed by atoms with Crippen molar-refractivity contribution in [3.63, 3.8) is 0 Å². The van der Waals surface area contributed by atoms with Crippen molar-refractivity contribution >= 4 is 5.91 Å². The number of nitrogens with zero attached hydrogens (tertiary/aromatic N) is 1. The summed E-state index contributed by atoms with van der Waals surface area (Å²) in [6.07, 6.45) is 9.75. The van der Waals surface area contributed by atoms with E-state index in [-0.39, 0.29) is 5.91 Å². The molecule has 0 aromatic carbocycles. The van der Waals surface area contributed by atoms with E-state index in [2.05, 4.69) is 10.2 Å². The molecule has 1 saturated heterocycles. The van der Waals surface area contributed by atoms with Gasteiger partial charge in [-0.1, -0.05) is 25.3 Å². The molecule has 1 N–H and O–H groups in total. The molecule has 4 heteroatoms. The van der Waals surface area contributed by atoms with E-state index in [0.29, 0.717) is 6.04 Å². The van der Waals surface area contributed by atoms with Crippen molar-refractivity contribution in [2.45, 2.75) is 38.1 Å². The molecule has 2 fully saturated rings. The quantitative estimate of drug-likeness (QED) is 0.767. The number of amides is 1. The number of carbonyl (C=O) groups excluding carboxylic acids is 1. The Kier molecular flexibility index (Phi) is 5.68. The molecule has 102 valence electrons. The Morgan fingerprint density at radius 1 is 1.22 bits per heavy atom. The fourth-order valence-corrected chi connectivity index (χ4v) is 2.59. The van der Waals surface area contributed by atoms with Crippen molar-refractivity contribution in [1.29, 1.82) is 0 Å². The average Bonchev–Trinajstić information content (AvgIpc) is 2.41. The minimum Gasteiger partial charge on any atom is -0.379 e. The van der Waals surface area contributed by atoms with Crippen LogP contribution in [0.1, 0.15) is 32.1 Å². The molecule has 1 saturated carbocycles. The molecule has 0 spiro atoms. The van der Waals surface area contributed by atoms with Gasteiger partial charge in [-0.15, -0.1) is 0 Å². The van der Waals surface area contributed by atoms with Gasteiger partial charge in [-0.3, -0.25) is 9.69 Å². The Balaban J connectivity index is 1.63. The molecule has 1 aliphatic carbocycles. The maximum absolute atomic E-state index is 11.7. The lowest BCUT2D eigenvalue weighted by Crippen LogP contribution is -2.37. The van der Waals surface area contributed by atoms with Gasteiger partial charge < -0.3 is 10.1 Å². The number of nitrogens with one attached hydrogen (secondary N) is 1. The molecule has 2 rings (SSSR count). The lowest BCUT2D eigenvalue weighted by Gasteiger charge is -2.25. The van der Waals surface area contributed by atoms with Crippen LogP contribution in [0.2, 0.25) is 0 Å². The van der Waals surface area contributed by atoms with Crippen LogP contribution in [0, 0.1) is 0 Å². The Morgan fingerprint density at radius 2 is 1.94 bits per heavy atom. The largest absolute Gasteiger partial charge is 0.379 e. The van der Waals surface area contributed by atoms with E-state index in [0.717, 1.165) is 45.7 Å². The molecule has 0 bridgehead atoms. The number of hydrogen-bond donors (Lipinski definition) is 1. The number of carbonyl (C=O) groups is 1. The second kappa shape index (κ2) is 7.54. The Labute approximate surface area is 109 Å². The number of hydrogen-bond acceptors (Lipinski definition) is 3. The van der Waals surface area contributed by atoms with Crippen LogP contribution >= 0.6 is 0 Å². The SMILES string of the molecule is O=C(/C=C/CN1CCOCC1)NC1CCCCC1. The summed E-state index contributed by atoms with van der Waals surface area (Å²) in [7, 11) is 0. The summed E-state index contributed by atoms with van der Waals surface area (Å²) in [5.41, 5.74) is 0. The minimum atomic E-state index is 0.0650. The topological polar surface area (TPSA) is 41.6 Å². The van der Waals surface area contributed by atoms with Crippen molar-refractivity contribution in [3.05, 3.63) is 12.2 Å². The first kappa shape index (κ1) is 13.6. The first-order valence-electron chi connectivity index (χ1n) is 7.12. The molecular formula is C14H24N2O2. The van der Waals surface area contributed by atoms with E-state index in [9.17, 15) is 4.79 Å². The molecule has 1 heterocycles. The van der Waals surface area contributed by atoms with Crippen molar-refractivity contribution in [1.82, 2.24) is 10.2 Å². The van der Waals surface area contributed by atoms with Crippen molar-refractivity contribution in [3.8, 4) is 0 Å². The van der Waals surface area contributed by atoms with Crippen LogP contribution in [-0.4, -0.2) is 49.7 Å². The van der Waals surface area contributed by atoms with Gasteiger partial charge in [0.15, 0.2) is 0 Å². The van der Waals surface area contributed by atoms with E-state index >= 15 is 0 Å². The normalized spacial score (nSPS) is 23.3. The predicted octanol–water partition coefficient (Wildman–Crippen LogP) is 1.32. The lowest BCUT2D eigenvalue weighted by atomic mass is 9.95. The first-order chi connectivity index (χ1) is 8.84. The molecule has 0 radical (unpaired) electrons. The zero-order chi connectivity index (χ0) is 12.6. The summed E-state index contributed by atoms with van der Waals surface area (Å²) in [4.78, 5) is 14.0. The third-order valence-electron chi connectivity index (χ3n) is 3.69. The van der Waals surface area contributed by atoms with Crippen LogP contribution in [0.15, 0.2) is 12.2 Å². The fraction of sp³-hybridized carbons (Fsp3) is 0.786. The highest BCUT2D eigenvalue weighted by molar-refractivity contribution is 5.87. The Bertz CT molecular complexity index is 280. The van der Waals surface area contributed by atoms with E-state index in [4.69, 9.17) is 4.74 Å². The van der Waals surface area contributed by atoms with Gasteiger partial charge in [0.05, 0.1) is 13.2 Å². The summed E-state index contributed by atoms with van der Waals surface area (Å²) in [6.45, 7) is 4.40. The van der Waals surface area contributed by atoms with E-state index in [1.165, 1.54) is 19.3 Å². The maximum Gasteiger partial charge on any atom is 0.243 e. The summed E-state index contributed by atoms with van der Waals surface area (Å²) >= 11 is 0. The Hall–Kier alpha value is -0.870. The third kappa shape index (κ3) is 4.78. The molecule has 4 nitrogen and oxygen atoms in total. The van der Waals surface area contributed by atoms with Gasteiger partial charge in [0.2, 0.25) is 5.91 Å². The first-order valence-corrected chi connectivity index (χ1v) is 7.12. The summed E-state index contributed by atoms with van der Waals surface area (Å²) < 4.78 is 5.28. The molecule has 1 aliphatic heterocycles. The highest BCUT2D eigenvalue weighted by atomic mass is 16.5. The molecule has 2 aliphatic rings. The van der Waals surface area contributed by atoms with Gasteiger partial charge in [0, 0.05) is 31.8 Å². The van der Waals surface area contributed by atoms with Crippen LogP contribution in [0.3, 0.4) is 0 Å². The molecule has 0 unspecified atom stereocenters. The van der Waals surface area contributed by atoms with Crippen molar-refractivity contribution < 1.29 is 9.53 Å². The number of ether oxygens (including phenoxy) is 1. The lowest BCUT2D eigenvalue weighted by molar-refractivity contribution is -0.117. The third-order valence-corrected chi connectivity index (χ3v) is 3.69. The summed E-state index contributed by atoms with van der Waals surface area (Å²) in [6, 6.07) is 0.402. The van der Waals surface area contributed by atoms with Crippen LogP contribution in [0.4, 0.5) is 0 Å². The molecule has 0 atom stereocenters. The minimum absolute atomic E-state index is 0.0650. The maximum atomic E-state index is 11.7. The van der Waals surface area contributed by atoms with Gasteiger partial charge in [0.25, 0.3) is 0 Å². The smallest absolute Gasteiger partial charge is 0.243 e. The van der Waals surface area contributed by atoms with Crippen molar-refractivity contribution in [2.75, 3.05) is 32.8 Å². The van der Waals surface area contributed by atoms with Crippen LogP contribution in [0.5, 0.6) is 0 Å². The van der Waals surface area contributed by atoms with E-state index < -0.39 is 0 Å². The second-order valence-electron chi connectivity index (χ2n) is 5.16.